The van der Waals surface area contributed by atoms with Crippen LogP contribution in [-0.2, 0) is 10.3 Å². The highest BCUT2D eigenvalue weighted by molar-refractivity contribution is 7.99. The molecule has 0 saturated carbocycles. The molecule has 1 heterocycles. The smallest absolute Gasteiger partial charge is 0.217 e. The van der Waals surface area contributed by atoms with Crippen LogP contribution in [0.1, 0.15) is 56.6 Å². The molecule has 0 spiro atoms. The average molecular weight is 361 g/mol. The fraction of sp³-hybridized carbons (Fsp3) is 0.471. The van der Waals surface area contributed by atoms with Gasteiger partial charge < -0.3 is 5.32 Å². The molecule has 0 aliphatic heterocycles. The van der Waals surface area contributed by atoms with Gasteiger partial charge in [-0.15, -0.1) is 5.10 Å². The summed E-state index contributed by atoms with van der Waals surface area (Å²) in [6.07, 6.45) is 0. The SMILES string of the molecule is CC(=O)NC(C)c1ccc(C(=O)CSc2nnnn2C(C)(C)C)cc1. The summed E-state index contributed by atoms with van der Waals surface area (Å²) in [5.41, 5.74) is 1.34. The van der Waals surface area contributed by atoms with Crippen LogP contribution in [0, 0.1) is 0 Å². The number of carbonyl (C=O) groups is 2. The highest BCUT2D eigenvalue weighted by Gasteiger charge is 2.21. The number of nitrogens with one attached hydrogen (secondary N) is 1. The van der Waals surface area contributed by atoms with Gasteiger partial charge in [0, 0.05) is 12.5 Å². The zero-order valence-corrected chi connectivity index (χ0v) is 15.9. The summed E-state index contributed by atoms with van der Waals surface area (Å²) in [4.78, 5) is 23.5. The van der Waals surface area contributed by atoms with Crippen molar-refractivity contribution in [2.75, 3.05) is 5.75 Å². The van der Waals surface area contributed by atoms with Crippen molar-refractivity contribution >= 4 is 23.5 Å². The fourth-order valence-corrected chi connectivity index (χ4v) is 3.20. The van der Waals surface area contributed by atoms with Crippen molar-refractivity contribution in [1.82, 2.24) is 25.5 Å². The Morgan fingerprint density at radius 3 is 2.44 bits per heavy atom. The molecule has 1 unspecified atom stereocenters. The largest absolute Gasteiger partial charge is 0.350 e. The van der Waals surface area contributed by atoms with E-state index in [-0.39, 0.29) is 29.0 Å². The van der Waals surface area contributed by atoms with Crippen LogP contribution in [0.15, 0.2) is 29.4 Å². The molecule has 0 aliphatic carbocycles. The van der Waals surface area contributed by atoms with Crippen molar-refractivity contribution in [2.24, 2.45) is 0 Å². The monoisotopic (exact) mass is 361 g/mol. The normalized spacial score (nSPS) is 12.7. The predicted octanol–water partition coefficient (Wildman–Crippen LogP) is 2.60. The summed E-state index contributed by atoms with van der Waals surface area (Å²) in [5, 5.41) is 15.1. The zero-order chi connectivity index (χ0) is 18.6. The van der Waals surface area contributed by atoms with Crippen LogP contribution in [0.4, 0.5) is 0 Å². The van der Waals surface area contributed by atoms with E-state index in [2.05, 4.69) is 20.8 Å². The van der Waals surface area contributed by atoms with E-state index in [1.165, 1.54) is 18.7 Å². The molecule has 2 aromatic rings. The second-order valence-corrected chi connectivity index (χ2v) is 7.74. The van der Waals surface area contributed by atoms with Crippen molar-refractivity contribution in [3.8, 4) is 0 Å². The van der Waals surface area contributed by atoms with Crippen molar-refractivity contribution in [3.05, 3.63) is 35.4 Å². The van der Waals surface area contributed by atoms with Gasteiger partial charge in [-0.25, -0.2) is 4.68 Å². The Morgan fingerprint density at radius 2 is 1.88 bits per heavy atom. The van der Waals surface area contributed by atoms with Gasteiger partial charge in [-0.3, -0.25) is 9.59 Å². The number of thioether (sulfide) groups is 1. The lowest BCUT2D eigenvalue weighted by molar-refractivity contribution is -0.119. The second kappa shape index (κ2) is 7.77. The van der Waals surface area contributed by atoms with E-state index in [1.54, 1.807) is 16.8 Å². The maximum absolute atomic E-state index is 12.4. The third-order valence-corrected chi connectivity index (χ3v) is 4.48. The first-order valence-electron chi connectivity index (χ1n) is 8.00. The maximum atomic E-state index is 12.4. The van der Waals surface area contributed by atoms with Crippen LogP contribution in [0.5, 0.6) is 0 Å². The molecular weight excluding hydrogens is 338 g/mol. The molecule has 0 bridgehead atoms. The Bertz CT molecular complexity index is 749. The van der Waals surface area contributed by atoms with Crippen LogP contribution in [-0.4, -0.2) is 37.7 Å². The summed E-state index contributed by atoms with van der Waals surface area (Å²) >= 11 is 1.32. The Kier molecular flexibility index (Phi) is 5.94. The minimum Gasteiger partial charge on any atom is -0.350 e. The van der Waals surface area contributed by atoms with Crippen molar-refractivity contribution in [1.29, 1.82) is 0 Å². The lowest BCUT2D eigenvalue weighted by atomic mass is 10.0. The lowest BCUT2D eigenvalue weighted by Crippen LogP contribution is -2.24. The minimum absolute atomic E-state index is 0.00666. The molecule has 0 saturated heterocycles. The van der Waals surface area contributed by atoms with Crippen LogP contribution < -0.4 is 5.32 Å². The van der Waals surface area contributed by atoms with E-state index in [0.717, 1.165) is 5.56 Å². The number of ketones is 1. The van der Waals surface area contributed by atoms with E-state index < -0.39 is 0 Å². The number of aromatic nitrogens is 4. The van der Waals surface area contributed by atoms with E-state index in [9.17, 15) is 9.59 Å². The number of rotatable bonds is 6. The quantitative estimate of drug-likeness (QED) is 0.628. The molecule has 0 radical (unpaired) electrons. The Balaban J connectivity index is 2.00. The average Bonchev–Trinajstić information content (AvgIpc) is 3.01. The Labute approximate surface area is 151 Å². The van der Waals surface area contributed by atoms with Crippen molar-refractivity contribution < 1.29 is 9.59 Å². The number of benzene rings is 1. The van der Waals surface area contributed by atoms with Crippen molar-refractivity contribution in [2.45, 2.75) is 51.4 Å². The molecule has 0 aliphatic rings. The first-order chi connectivity index (χ1) is 11.7. The van der Waals surface area contributed by atoms with Crippen LogP contribution in [0.3, 0.4) is 0 Å². The molecule has 2 rings (SSSR count). The fourth-order valence-electron chi connectivity index (χ4n) is 2.25. The summed E-state index contributed by atoms with van der Waals surface area (Å²) in [6, 6.07) is 7.19. The Hall–Kier alpha value is -2.22. The molecule has 1 aromatic carbocycles. The number of hydrogen-bond acceptors (Lipinski definition) is 6. The van der Waals surface area contributed by atoms with Gasteiger partial charge in [-0.2, -0.15) is 0 Å². The Morgan fingerprint density at radius 1 is 1.24 bits per heavy atom. The first kappa shape index (κ1) is 19.1. The van der Waals surface area contributed by atoms with Gasteiger partial charge in [0.2, 0.25) is 11.1 Å². The van der Waals surface area contributed by atoms with Crippen LogP contribution in [0.25, 0.3) is 0 Å². The van der Waals surface area contributed by atoms with Gasteiger partial charge >= 0.3 is 0 Å². The van der Waals surface area contributed by atoms with E-state index in [4.69, 9.17) is 0 Å². The van der Waals surface area contributed by atoms with Gasteiger partial charge in [-0.05, 0) is 43.7 Å². The van der Waals surface area contributed by atoms with Crippen LogP contribution in [0.2, 0.25) is 0 Å². The molecule has 8 heteroatoms. The molecule has 1 atom stereocenters. The third-order valence-electron chi connectivity index (χ3n) is 3.56. The number of nitrogens with zero attached hydrogens (tertiary/aromatic N) is 4. The predicted molar refractivity (Wildman–Crippen MR) is 96.5 cm³/mol. The molecular formula is C17H23N5O2S. The number of Topliss-reactive ketones (excluding diaryl/α,β-unsaturated/α-hetero) is 1. The molecule has 1 aromatic heterocycles. The first-order valence-corrected chi connectivity index (χ1v) is 8.99. The molecule has 7 nitrogen and oxygen atoms in total. The number of carbonyl (C=O) groups excluding carboxylic acids is 2. The molecule has 0 fully saturated rings. The van der Waals surface area contributed by atoms with Gasteiger partial charge in [0.15, 0.2) is 5.78 Å². The molecule has 134 valence electrons. The summed E-state index contributed by atoms with van der Waals surface area (Å²) in [5.74, 6) is 0.185. The number of tetrazole rings is 1. The molecule has 1 amide bonds. The standard InChI is InChI=1S/C17H23N5O2S/c1-11(18-12(2)23)13-6-8-14(9-7-13)15(24)10-25-16-19-20-21-22(16)17(3,4)5/h6-9,11H,10H2,1-5H3,(H,18,23). The van der Waals surface area contributed by atoms with Gasteiger partial charge in [0.1, 0.15) is 0 Å². The zero-order valence-electron chi connectivity index (χ0n) is 15.1. The summed E-state index contributed by atoms with van der Waals surface area (Å²) in [7, 11) is 0. The number of amides is 1. The van der Waals surface area contributed by atoms with E-state index in [1.807, 2.05) is 39.8 Å². The summed E-state index contributed by atoms with van der Waals surface area (Å²) in [6.45, 7) is 9.40. The van der Waals surface area contributed by atoms with Gasteiger partial charge in [0.25, 0.3) is 0 Å². The lowest BCUT2D eigenvalue weighted by Gasteiger charge is -2.19. The van der Waals surface area contributed by atoms with Gasteiger partial charge in [0.05, 0.1) is 17.3 Å². The third kappa shape index (κ3) is 5.12. The van der Waals surface area contributed by atoms with Crippen LogP contribution >= 0.6 is 11.8 Å². The highest BCUT2D eigenvalue weighted by atomic mass is 32.2. The van der Waals surface area contributed by atoms with E-state index in [0.29, 0.717) is 10.7 Å². The minimum atomic E-state index is -0.240. The van der Waals surface area contributed by atoms with Crippen molar-refractivity contribution in [3.63, 3.8) is 0 Å². The molecule has 1 N–H and O–H groups in total. The highest BCUT2D eigenvalue weighted by Crippen LogP contribution is 2.22. The van der Waals surface area contributed by atoms with Gasteiger partial charge in [-0.1, -0.05) is 36.0 Å². The van der Waals surface area contributed by atoms with E-state index >= 15 is 0 Å². The summed E-state index contributed by atoms with van der Waals surface area (Å²) < 4.78 is 1.71. The topological polar surface area (TPSA) is 89.8 Å². The second-order valence-electron chi connectivity index (χ2n) is 6.80. The molecule has 25 heavy (non-hydrogen) atoms. The maximum Gasteiger partial charge on any atom is 0.217 e. The number of hydrogen-bond donors (Lipinski definition) is 1.